The predicted molar refractivity (Wildman–Crippen MR) is 124 cm³/mol. The average molecular weight is 472 g/mol. The van der Waals surface area contributed by atoms with E-state index in [1.807, 2.05) is 6.92 Å². The van der Waals surface area contributed by atoms with Gasteiger partial charge in [-0.05, 0) is 36.8 Å². The van der Waals surface area contributed by atoms with E-state index in [0.29, 0.717) is 16.3 Å². The van der Waals surface area contributed by atoms with Gasteiger partial charge in [-0.15, -0.1) is 0 Å². The van der Waals surface area contributed by atoms with E-state index in [2.05, 4.69) is 0 Å². The molecule has 0 radical (unpaired) electrons. The Labute approximate surface area is 200 Å². The molecular weight excluding hydrogens is 454 g/mol. The Kier molecular flexibility index (Phi) is 4.43. The molecule has 3 atom stereocenters. The summed E-state index contributed by atoms with van der Waals surface area (Å²) >= 11 is 6.20. The van der Waals surface area contributed by atoms with Gasteiger partial charge in [-0.2, -0.15) is 0 Å². The zero-order valence-electron chi connectivity index (χ0n) is 18.0. The van der Waals surface area contributed by atoms with E-state index in [0.717, 1.165) is 10.5 Å². The number of hydrogen-bond donors (Lipinski definition) is 0. The third kappa shape index (κ3) is 2.61. The summed E-state index contributed by atoms with van der Waals surface area (Å²) in [5, 5.41) is 0.415. The highest BCUT2D eigenvalue weighted by atomic mass is 35.5. The van der Waals surface area contributed by atoms with Gasteiger partial charge in [0.2, 0.25) is 29.0 Å². The van der Waals surface area contributed by atoms with Crippen molar-refractivity contribution in [2.24, 2.45) is 11.8 Å². The highest BCUT2D eigenvalue weighted by molar-refractivity contribution is 6.37. The first-order valence-corrected chi connectivity index (χ1v) is 11.3. The van der Waals surface area contributed by atoms with Gasteiger partial charge in [-0.1, -0.05) is 65.7 Å². The highest BCUT2D eigenvalue weighted by Crippen LogP contribution is 2.57. The SMILES string of the molecule is Cc1ccc(N2C(=O)[C@H]3[C@@H](c4cccc(Cl)c4)OC4(C(=O)c5ccccc5C4=O)[C@@H]3C2=O)cc1. The molecule has 3 aromatic rings. The molecule has 3 aromatic carbocycles. The number of fused-ring (bicyclic) bond motifs is 3. The van der Waals surface area contributed by atoms with E-state index < -0.39 is 46.9 Å². The third-order valence-electron chi connectivity index (χ3n) is 6.99. The first-order chi connectivity index (χ1) is 16.3. The van der Waals surface area contributed by atoms with Gasteiger partial charge < -0.3 is 4.74 Å². The van der Waals surface area contributed by atoms with Gasteiger partial charge in [-0.3, -0.25) is 19.2 Å². The van der Waals surface area contributed by atoms with Crippen LogP contribution in [0.15, 0.2) is 72.8 Å². The standard InChI is InChI=1S/C27H18ClNO5/c1-14-9-11-17(12-10-14)29-25(32)20-21(26(29)33)27(34-22(20)15-5-4-6-16(28)13-15)23(30)18-7-2-3-8-19(18)24(27)31/h2-13,20-22H,1H3/t20-,21+,22-/m1/s1. The highest BCUT2D eigenvalue weighted by Gasteiger charge is 2.74. The number of halogens is 1. The van der Waals surface area contributed by atoms with E-state index in [-0.39, 0.29) is 11.1 Å². The van der Waals surface area contributed by atoms with E-state index in [1.54, 1.807) is 72.8 Å². The second kappa shape index (κ2) is 7.19. The zero-order chi connectivity index (χ0) is 23.8. The lowest BCUT2D eigenvalue weighted by molar-refractivity contribution is -0.127. The van der Waals surface area contributed by atoms with Crippen molar-refractivity contribution in [2.75, 3.05) is 4.90 Å². The molecule has 7 heteroatoms. The molecule has 1 spiro atoms. The van der Waals surface area contributed by atoms with Crippen molar-refractivity contribution in [1.82, 2.24) is 0 Å². The third-order valence-corrected chi connectivity index (χ3v) is 7.22. The Morgan fingerprint density at radius 2 is 1.47 bits per heavy atom. The van der Waals surface area contributed by atoms with Crippen molar-refractivity contribution in [3.63, 3.8) is 0 Å². The summed E-state index contributed by atoms with van der Waals surface area (Å²) < 4.78 is 6.24. The maximum absolute atomic E-state index is 13.8. The van der Waals surface area contributed by atoms with Gasteiger partial charge in [0.15, 0.2) is 0 Å². The van der Waals surface area contributed by atoms with Crippen molar-refractivity contribution in [2.45, 2.75) is 18.6 Å². The number of aryl methyl sites for hydroxylation is 1. The van der Waals surface area contributed by atoms with Crippen LogP contribution >= 0.6 is 11.6 Å². The number of nitrogens with zero attached hydrogens (tertiary/aromatic N) is 1. The minimum absolute atomic E-state index is 0.201. The molecule has 2 heterocycles. The van der Waals surface area contributed by atoms with Crippen LogP contribution in [0, 0.1) is 18.8 Å². The molecule has 0 N–H and O–H groups in total. The van der Waals surface area contributed by atoms with Crippen LogP contribution < -0.4 is 4.90 Å². The smallest absolute Gasteiger partial charge is 0.241 e. The molecule has 34 heavy (non-hydrogen) atoms. The molecule has 6 rings (SSSR count). The van der Waals surface area contributed by atoms with Crippen molar-refractivity contribution in [3.8, 4) is 0 Å². The molecule has 0 aromatic heterocycles. The summed E-state index contributed by atoms with van der Waals surface area (Å²) in [5.41, 5.74) is 0.205. The number of carbonyl (C=O) groups excluding carboxylic acids is 4. The summed E-state index contributed by atoms with van der Waals surface area (Å²) in [6.45, 7) is 1.90. The number of carbonyl (C=O) groups is 4. The van der Waals surface area contributed by atoms with E-state index in [1.165, 1.54) is 0 Å². The van der Waals surface area contributed by atoms with Gasteiger partial charge in [-0.25, -0.2) is 4.90 Å². The summed E-state index contributed by atoms with van der Waals surface area (Å²) in [4.78, 5) is 56.1. The van der Waals surface area contributed by atoms with Crippen LogP contribution in [0.2, 0.25) is 5.02 Å². The molecule has 0 bridgehead atoms. The fourth-order valence-corrected chi connectivity index (χ4v) is 5.65. The molecule has 1 aliphatic carbocycles. The van der Waals surface area contributed by atoms with Crippen molar-refractivity contribution in [3.05, 3.63) is 100 Å². The van der Waals surface area contributed by atoms with Gasteiger partial charge in [0.05, 0.1) is 23.6 Å². The van der Waals surface area contributed by atoms with Gasteiger partial charge in [0.1, 0.15) is 0 Å². The van der Waals surface area contributed by atoms with Gasteiger partial charge in [0, 0.05) is 16.1 Å². The number of hydrogen-bond acceptors (Lipinski definition) is 5. The number of imide groups is 1. The predicted octanol–water partition coefficient (Wildman–Crippen LogP) is 4.34. The average Bonchev–Trinajstić information content (AvgIpc) is 3.40. The Bertz CT molecular complexity index is 1380. The molecule has 0 saturated carbocycles. The minimum atomic E-state index is -2.09. The molecule has 2 aliphatic heterocycles. The number of anilines is 1. The van der Waals surface area contributed by atoms with Crippen LogP contribution in [-0.2, 0) is 14.3 Å². The Morgan fingerprint density at radius 3 is 2.09 bits per heavy atom. The monoisotopic (exact) mass is 471 g/mol. The van der Waals surface area contributed by atoms with Crippen LogP contribution in [0.5, 0.6) is 0 Å². The minimum Gasteiger partial charge on any atom is -0.349 e. The number of Topliss-reactive ketones (excluding diaryl/α,β-unsaturated/α-hetero) is 2. The summed E-state index contributed by atoms with van der Waals surface area (Å²) in [5.74, 6) is -4.61. The normalized spacial score (nSPS) is 24.8. The van der Waals surface area contributed by atoms with Crippen LogP contribution in [0.3, 0.4) is 0 Å². The van der Waals surface area contributed by atoms with E-state index in [9.17, 15) is 19.2 Å². The van der Waals surface area contributed by atoms with Crippen LogP contribution in [-0.4, -0.2) is 29.0 Å². The molecular formula is C27H18ClNO5. The van der Waals surface area contributed by atoms with Crippen LogP contribution in [0.25, 0.3) is 0 Å². The molecule has 2 amide bonds. The number of rotatable bonds is 2. The molecule has 3 aliphatic rings. The second-order valence-corrected chi connectivity index (χ2v) is 9.32. The number of amides is 2. The summed E-state index contributed by atoms with van der Waals surface area (Å²) in [6.07, 6.45) is -0.988. The zero-order valence-corrected chi connectivity index (χ0v) is 18.8. The largest absolute Gasteiger partial charge is 0.349 e. The van der Waals surface area contributed by atoms with Gasteiger partial charge >= 0.3 is 0 Å². The number of benzene rings is 3. The topological polar surface area (TPSA) is 80.8 Å². The molecule has 0 unspecified atom stereocenters. The lowest BCUT2D eigenvalue weighted by Crippen LogP contribution is -2.51. The fraction of sp³-hybridized carbons (Fsp3) is 0.185. The first-order valence-electron chi connectivity index (χ1n) is 10.9. The lowest BCUT2D eigenvalue weighted by atomic mass is 9.77. The summed E-state index contributed by atoms with van der Waals surface area (Å²) in [7, 11) is 0. The Balaban J connectivity index is 1.55. The van der Waals surface area contributed by atoms with E-state index in [4.69, 9.17) is 16.3 Å². The van der Waals surface area contributed by atoms with Crippen molar-refractivity contribution < 1.29 is 23.9 Å². The quantitative estimate of drug-likeness (QED) is 0.410. The number of ketones is 2. The van der Waals surface area contributed by atoms with E-state index >= 15 is 0 Å². The summed E-state index contributed by atoms with van der Waals surface area (Å²) in [6, 6.07) is 20.1. The van der Waals surface area contributed by atoms with Crippen molar-refractivity contribution in [1.29, 1.82) is 0 Å². The first kappa shape index (κ1) is 21.0. The Hall–Kier alpha value is -3.61. The lowest BCUT2D eigenvalue weighted by Gasteiger charge is -2.27. The fourth-order valence-electron chi connectivity index (χ4n) is 5.45. The van der Waals surface area contributed by atoms with Gasteiger partial charge in [0.25, 0.3) is 0 Å². The molecule has 6 nitrogen and oxygen atoms in total. The maximum atomic E-state index is 13.8. The number of ether oxygens (including phenoxy) is 1. The second-order valence-electron chi connectivity index (χ2n) is 8.88. The molecule has 168 valence electrons. The van der Waals surface area contributed by atoms with Crippen LogP contribution in [0.4, 0.5) is 5.69 Å². The molecule has 2 saturated heterocycles. The van der Waals surface area contributed by atoms with Crippen molar-refractivity contribution >= 4 is 40.7 Å². The van der Waals surface area contributed by atoms with Crippen LogP contribution in [0.1, 0.15) is 37.9 Å². The molecule has 2 fully saturated rings. The maximum Gasteiger partial charge on any atom is 0.241 e. The Morgan fingerprint density at radius 1 is 0.824 bits per heavy atom.